The maximum atomic E-state index is 5.51. The summed E-state index contributed by atoms with van der Waals surface area (Å²) in [6.07, 6.45) is 4.37. The van der Waals surface area contributed by atoms with E-state index in [1.165, 1.54) is 43.6 Å². The zero-order valence-corrected chi connectivity index (χ0v) is 12.9. The van der Waals surface area contributed by atoms with Gasteiger partial charge in [0.15, 0.2) is 0 Å². The first-order valence-electron chi connectivity index (χ1n) is 7.92. The molecule has 0 atom stereocenters. The number of benzene rings is 1. The Bertz CT molecular complexity index is 369. The summed E-state index contributed by atoms with van der Waals surface area (Å²) < 4.78 is 5.51. The van der Waals surface area contributed by atoms with Crippen LogP contribution in [0.5, 0.6) is 0 Å². The van der Waals surface area contributed by atoms with Crippen molar-refractivity contribution in [3.8, 4) is 0 Å². The van der Waals surface area contributed by atoms with Gasteiger partial charge >= 0.3 is 0 Å². The van der Waals surface area contributed by atoms with Crippen LogP contribution in [0.25, 0.3) is 0 Å². The molecule has 1 saturated heterocycles. The molecule has 1 fully saturated rings. The molecular weight excluding hydrogens is 248 g/mol. The molecule has 1 aromatic rings. The van der Waals surface area contributed by atoms with E-state index in [0.717, 1.165) is 19.7 Å². The van der Waals surface area contributed by atoms with Crippen LogP contribution in [0.1, 0.15) is 38.7 Å². The summed E-state index contributed by atoms with van der Waals surface area (Å²) >= 11 is 0. The fourth-order valence-electron chi connectivity index (χ4n) is 2.58. The van der Waals surface area contributed by atoms with Gasteiger partial charge in [0.2, 0.25) is 0 Å². The molecule has 1 aliphatic heterocycles. The minimum atomic E-state index is 0.320. The van der Waals surface area contributed by atoms with Gasteiger partial charge in [-0.1, -0.05) is 12.1 Å². The van der Waals surface area contributed by atoms with E-state index in [0.29, 0.717) is 6.10 Å². The highest BCUT2D eigenvalue weighted by molar-refractivity contribution is 5.47. The van der Waals surface area contributed by atoms with Gasteiger partial charge in [-0.25, -0.2) is 0 Å². The van der Waals surface area contributed by atoms with Gasteiger partial charge in [0, 0.05) is 31.9 Å². The molecule has 0 unspecified atom stereocenters. The number of hydrogen-bond acceptors (Lipinski definition) is 3. The van der Waals surface area contributed by atoms with Crippen molar-refractivity contribution in [2.75, 3.05) is 31.1 Å². The number of nitrogens with zero attached hydrogens (tertiary/aromatic N) is 1. The van der Waals surface area contributed by atoms with Crippen LogP contribution in [0.3, 0.4) is 0 Å². The first-order valence-corrected chi connectivity index (χ1v) is 7.92. The summed E-state index contributed by atoms with van der Waals surface area (Å²) in [6.45, 7) is 9.17. The van der Waals surface area contributed by atoms with E-state index in [1.54, 1.807) is 0 Å². The summed E-state index contributed by atoms with van der Waals surface area (Å²) in [7, 11) is 0. The molecule has 0 aromatic heterocycles. The summed E-state index contributed by atoms with van der Waals surface area (Å²) in [6, 6.07) is 8.99. The number of nitrogens with one attached hydrogen (secondary N) is 1. The standard InChI is InChI=1S/C17H28N2O/c1-15(2)20-13-10-18-14-16-6-8-17(9-7-16)19-11-4-3-5-12-19/h6-9,15,18H,3-5,10-14H2,1-2H3. The van der Waals surface area contributed by atoms with Crippen molar-refractivity contribution in [1.82, 2.24) is 5.32 Å². The SMILES string of the molecule is CC(C)OCCNCc1ccc(N2CCCCC2)cc1. The fourth-order valence-corrected chi connectivity index (χ4v) is 2.58. The Morgan fingerprint density at radius 3 is 2.45 bits per heavy atom. The van der Waals surface area contributed by atoms with Gasteiger partial charge in [-0.05, 0) is 50.8 Å². The zero-order valence-electron chi connectivity index (χ0n) is 12.9. The van der Waals surface area contributed by atoms with E-state index >= 15 is 0 Å². The Morgan fingerprint density at radius 1 is 1.10 bits per heavy atom. The third-order valence-electron chi connectivity index (χ3n) is 3.72. The van der Waals surface area contributed by atoms with Crippen LogP contribution in [0.4, 0.5) is 5.69 Å². The first kappa shape index (κ1) is 15.3. The topological polar surface area (TPSA) is 24.5 Å². The minimum absolute atomic E-state index is 0.320. The molecule has 0 aliphatic carbocycles. The van der Waals surface area contributed by atoms with E-state index in [9.17, 15) is 0 Å². The van der Waals surface area contributed by atoms with Crippen molar-refractivity contribution >= 4 is 5.69 Å². The van der Waals surface area contributed by atoms with Gasteiger partial charge in [-0.3, -0.25) is 0 Å². The predicted octanol–water partition coefficient (Wildman–Crippen LogP) is 3.19. The number of anilines is 1. The van der Waals surface area contributed by atoms with Crippen LogP contribution in [0, 0.1) is 0 Å². The molecule has 0 spiro atoms. The highest BCUT2D eigenvalue weighted by Gasteiger charge is 2.10. The second-order valence-corrected chi connectivity index (χ2v) is 5.81. The Labute approximate surface area is 123 Å². The molecule has 20 heavy (non-hydrogen) atoms. The maximum Gasteiger partial charge on any atom is 0.0594 e. The number of piperidine rings is 1. The Balaban J connectivity index is 1.71. The van der Waals surface area contributed by atoms with Crippen LogP contribution in [-0.2, 0) is 11.3 Å². The highest BCUT2D eigenvalue weighted by atomic mass is 16.5. The number of hydrogen-bond donors (Lipinski definition) is 1. The maximum absolute atomic E-state index is 5.51. The monoisotopic (exact) mass is 276 g/mol. The molecule has 0 bridgehead atoms. The highest BCUT2D eigenvalue weighted by Crippen LogP contribution is 2.20. The Morgan fingerprint density at radius 2 is 1.80 bits per heavy atom. The predicted molar refractivity (Wildman–Crippen MR) is 85.3 cm³/mol. The van der Waals surface area contributed by atoms with Gasteiger partial charge in [-0.2, -0.15) is 0 Å². The third kappa shape index (κ3) is 5.14. The summed E-state index contributed by atoms with van der Waals surface area (Å²) in [5, 5.41) is 3.42. The minimum Gasteiger partial charge on any atom is -0.377 e. The van der Waals surface area contributed by atoms with Crippen LogP contribution in [0.2, 0.25) is 0 Å². The molecule has 112 valence electrons. The molecule has 1 N–H and O–H groups in total. The fraction of sp³-hybridized carbons (Fsp3) is 0.647. The van der Waals surface area contributed by atoms with Crippen molar-refractivity contribution in [3.05, 3.63) is 29.8 Å². The molecular formula is C17H28N2O. The van der Waals surface area contributed by atoms with Crippen molar-refractivity contribution in [1.29, 1.82) is 0 Å². The van der Waals surface area contributed by atoms with Gasteiger partial charge in [0.05, 0.1) is 12.7 Å². The normalized spacial score (nSPS) is 15.8. The molecule has 1 aromatic carbocycles. The lowest BCUT2D eigenvalue weighted by Crippen LogP contribution is -2.29. The van der Waals surface area contributed by atoms with Crippen LogP contribution in [-0.4, -0.2) is 32.3 Å². The molecule has 0 radical (unpaired) electrons. The van der Waals surface area contributed by atoms with E-state index < -0.39 is 0 Å². The molecule has 1 heterocycles. The van der Waals surface area contributed by atoms with E-state index in [2.05, 4.69) is 48.3 Å². The Hall–Kier alpha value is -1.06. The van der Waals surface area contributed by atoms with Crippen molar-refractivity contribution in [3.63, 3.8) is 0 Å². The second-order valence-electron chi connectivity index (χ2n) is 5.81. The van der Waals surface area contributed by atoms with Crippen LogP contribution < -0.4 is 10.2 Å². The number of rotatable bonds is 7. The average molecular weight is 276 g/mol. The van der Waals surface area contributed by atoms with E-state index in [1.807, 2.05) is 0 Å². The molecule has 1 aliphatic rings. The molecule has 2 rings (SSSR count). The molecule has 0 saturated carbocycles. The van der Waals surface area contributed by atoms with Crippen molar-refractivity contribution in [2.24, 2.45) is 0 Å². The van der Waals surface area contributed by atoms with Gasteiger partial charge in [-0.15, -0.1) is 0 Å². The third-order valence-corrected chi connectivity index (χ3v) is 3.72. The van der Waals surface area contributed by atoms with E-state index in [4.69, 9.17) is 4.74 Å². The molecule has 3 heteroatoms. The lowest BCUT2D eigenvalue weighted by Gasteiger charge is -2.28. The van der Waals surface area contributed by atoms with Gasteiger partial charge in [0.25, 0.3) is 0 Å². The second kappa shape index (κ2) is 8.28. The lowest BCUT2D eigenvalue weighted by molar-refractivity contribution is 0.0807. The number of ether oxygens (including phenoxy) is 1. The zero-order chi connectivity index (χ0) is 14.2. The van der Waals surface area contributed by atoms with Crippen LogP contribution >= 0.6 is 0 Å². The average Bonchev–Trinajstić information content (AvgIpc) is 2.48. The molecule has 3 nitrogen and oxygen atoms in total. The van der Waals surface area contributed by atoms with Gasteiger partial charge in [0.1, 0.15) is 0 Å². The Kier molecular flexibility index (Phi) is 6.34. The van der Waals surface area contributed by atoms with Crippen LogP contribution in [0.15, 0.2) is 24.3 Å². The smallest absolute Gasteiger partial charge is 0.0594 e. The van der Waals surface area contributed by atoms with E-state index in [-0.39, 0.29) is 0 Å². The summed E-state index contributed by atoms with van der Waals surface area (Å²) in [5.74, 6) is 0. The largest absolute Gasteiger partial charge is 0.377 e. The first-order chi connectivity index (χ1) is 9.75. The summed E-state index contributed by atoms with van der Waals surface area (Å²) in [5.41, 5.74) is 2.71. The van der Waals surface area contributed by atoms with Crippen molar-refractivity contribution < 1.29 is 4.74 Å². The quantitative estimate of drug-likeness (QED) is 0.774. The molecule has 0 amide bonds. The lowest BCUT2D eigenvalue weighted by atomic mass is 10.1. The summed E-state index contributed by atoms with van der Waals surface area (Å²) in [4.78, 5) is 2.50. The van der Waals surface area contributed by atoms with Crippen molar-refractivity contribution in [2.45, 2.75) is 45.8 Å². The van der Waals surface area contributed by atoms with Gasteiger partial charge < -0.3 is 15.0 Å².